The summed E-state index contributed by atoms with van der Waals surface area (Å²) >= 11 is 6.09. The van der Waals surface area contributed by atoms with Gasteiger partial charge in [-0.25, -0.2) is 9.97 Å². The van der Waals surface area contributed by atoms with Crippen LogP contribution in [0.5, 0.6) is 0 Å². The highest BCUT2D eigenvalue weighted by Gasteiger charge is 2.35. The van der Waals surface area contributed by atoms with Crippen LogP contribution in [0.3, 0.4) is 0 Å². The third-order valence-electron chi connectivity index (χ3n) is 6.67. The van der Waals surface area contributed by atoms with Crippen LogP contribution < -0.4 is 10.2 Å². The number of nitrogens with zero attached hydrogens (tertiary/aromatic N) is 4. The minimum absolute atomic E-state index is 0.0558. The maximum Gasteiger partial charge on any atom is 0.135 e. The highest BCUT2D eigenvalue weighted by molar-refractivity contribution is 6.30. The van der Waals surface area contributed by atoms with Gasteiger partial charge in [-0.2, -0.15) is 0 Å². The molecule has 8 heteroatoms. The molecule has 1 aliphatic heterocycles. The number of fused-ring (bicyclic) bond motifs is 1. The lowest BCUT2D eigenvalue weighted by Crippen LogP contribution is -2.53. The second-order valence-electron chi connectivity index (χ2n) is 9.31. The molecule has 1 fully saturated rings. The lowest BCUT2D eigenvalue weighted by Gasteiger charge is -2.41. The molecule has 4 rings (SSSR count). The molecule has 2 aliphatic rings. The zero-order valence-electron chi connectivity index (χ0n) is 19.1. The van der Waals surface area contributed by atoms with Crippen LogP contribution in [0.25, 0.3) is 0 Å². The van der Waals surface area contributed by atoms with Crippen molar-refractivity contribution in [3.8, 4) is 0 Å². The number of anilines is 1. The van der Waals surface area contributed by atoms with Gasteiger partial charge < -0.3 is 20.4 Å². The summed E-state index contributed by atoms with van der Waals surface area (Å²) in [6.45, 7) is 10.1. The SMILES string of the molecule is CC(C)NC[C@H](c1ccc(Cl)cc1)C(O)N1CCN(c2ncnc3c2[C@H](C)C[C@H]3O)CC1. The van der Waals surface area contributed by atoms with Crippen LogP contribution in [-0.4, -0.2) is 70.1 Å². The number of rotatable bonds is 7. The number of benzene rings is 1. The molecule has 0 bridgehead atoms. The summed E-state index contributed by atoms with van der Waals surface area (Å²) in [7, 11) is 0. The van der Waals surface area contributed by atoms with E-state index in [0.717, 1.165) is 48.8 Å². The summed E-state index contributed by atoms with van der Waals surface area (Å²) in [5, 5.41) is 25.8. The summed E-state index contributed by atoms with van der Waals surface area (Å²) < 4.78 is 0. The van der Waals surface area contributed by atoms with Crippen LogP contribution in [0.1, 0.15) is 62.0 Å². The third-order valence-corrected chi connectivity index (χ3v) is 6.92. The molecular weight excluding hydrogens is 426 g/mol. The fraction of sp³-hybridized carbons (Fsp3) is 0.583. The number of piperazine rings is 1. The molecule has 7 nitrogen and oxygen atoms in total. The largest absolute Gasteiger partial charge is 0.387 e. The van der Waals surface area contributed by atoms with E-state index < -0.39 is 12.3 Å². The molecule has 1 aromatic heterocycles. The van der Waals surface area contributed by atoms with Gasteiger partial charge in [-0.15, -0.1) is 0 Å². The Morgan fingerprint density at radius 2 is 1.81 bits per heavy atom. The van der Waals surface area contributed by atoms with Gasteiger partial charge in [-0.05, 0) is 30.0 Å². The molecule has 4 atom stereocenters. The first-order valence-corrected chi connectivity index (χ1v) is 11.9. The average Bonchev–Trinajstić information content (AvgIpc) is 3.08. The van der Waals surface area contributed by atoms with E-state index in [-0.39, 0.29) is 11.8 Å². The van der Waals surface area contributed by atoms with E-state index in [1.165, 1.54) is 0 Å². The van der Waals surface area contributed by atoms with Gasteiger partial charge in [-0.3, -0.25) is 4.90 Å². The summed E-state index contributed by atoms with van der Waals surface area (Å²) in [5.41, 5.74) is 2.93. The van der Waals surface area contributed by atoms with Gasteiger partial charge in [0.05, 0.1) is 11.8 Å². The highest BCUT2D eigenvalue weighted by Crippen LogP contribution is 2.42. The van der Waals surface area contributed by atoms with Crippen molar-refractivity contribution in [2.45, 2.75) is 57.4 Å². The predicted molar refractivity (Wildman–Crippen MR) is 127 cm³/mol. The van der Waals surface area contributed by atoms with Crippen LogP contribution >= 0.6 is 11.6 Å². The number of hydrogen-bond acceptors (Lipinski definition) is 7. The lowest BCUT2D eigenvalue weighted by atomic mass is 9.95. The van der Waals surface area contributed by atoms with E-state index in [1.54, 1.807) is 6.33 Å². The molecule has 174 valence electrons. The smallest absolute Gasteiger partial charge is 0.135 e. The maximum atomic E-state index is 11.3. The zero-order valence-corrected chi connectivity index (χ0v) is 19.8. The van der Waals surface area contributed by atoms with E-state index in [2.05, 4.69) is 45.9 Å². The quantitative estimate of drug-likeness (QED) is 0.587. The zero-order chi connectivity index (χ0) is 22.8. The van der Waals surface area contributed by atoms with Gasteiger partial charge in [0.1, 0.15) is 18.4 Å². The number of aliphatic hydroxyl groups is 2. The van der Waals surface area contributed by atoms with Gasteiger partial charge in [0, 0.05) is 55.3 Å². The minimum atomic E-state index is -0.596. The fourth-order valence-electron chi connectivity index (χ4n) is 4.87. The third kappa shape index (κ3) is 4.92. The van der Waals surface area contributed by atoms with Crippen molar-refractivity contribution in [2.24, 2.45) is 0 Å². The number of aliphatic hydroxyl groups excluding tert-OH is 2. The number of hydrogen-bond donors (Lipinski definition) is 3. The summed E-state index contributed by atoms with van der Waals surface area (Å²) in [6.07, 6.45) is 1.16. The number of aromatic nitrogens is 2. The Bertz CT molecular complexity index is 902. The Kier molecular flexibility index (Phi) is 7.32. The van der Waals surface area contributed by atoms with E-state index in [4.69, 9.17) is 11.6 Å². The van der Waals surface area contributed by atoms with Crippen molar-refractivity contribution in [3.63, 3.8) is 0 Å². The lowest BCUT2D eigenvalue weighted by molar-refractivity contribution is -0.0201. The Balaban J connectivity index is 1.46. The summed E-state index contributed by atoms with van der Waals surface area (Å²) in [6, 6.07) is 8.12. The Morgan fingerprint density at radius 3 is 2.47 bits per heavy atom. The molecule has 0 saturated carbocycles. The molecule has 0 radical (unpaired) electrons. The molecule has 1 unspecified atom stereocenters. The molecule has 2 heterocycles. The minimum Gasteiger partial charge on any atom is -0.387 e. The van der Waals surface area contributed by atoms with Crippen molar-refractivity contribution in [3.05, 3.63) is 52.4 Å². The molecule has 2 aromatic rings. The second-order valence-corrected chi connectivity index (χ2v) is 9.74. The van der Waals surface area contributed by atoms with Crippen molar-refractivity contribution < 1.29 is 10.2 Å². The van der Waals surface area contributed by atoms with Gasteiger partial charge >= 0.3 is 0 Å². The first-order valence-electron chi connectivity index (χ1n) is 11.5. The summed E-state index contributed by atoms with van der Waals surface area (Å²) in [4.78, 5) is 13.3. The van der Waals surface area contributed by atoms with Gasteiger partial charge in [0.15, 0.2) is 0 Å². The maximum absolute atomic E-state index is 11.3. The van der Waals surface area contributed by atoms with Gasteiger partial charge in [0.25, 0.3) is 0 Å². The molecule has 0 spiro atoms. The Morgan fingerprint density at radius 1 is 1.12 bits per heavy atom. The molecule has 1 saturated heterocycles. The van der Waals surface area contributed by atoms with Crippen LogP contribution in [0, 0.1) is 0 Å². The molecule has 3 N–H and O–H groups in total. The van der Waals surface area contributed by atoms with Crippen LogP contribution in [0.2, 0.25) is 5.02 Å². The highest BCUT2D eigenvalue weighted by atomic mass is 35.5. The average molecular weight is 460 g/mol. The van der Waals surface area contributed by atoms with E-state index in [9.17, 15) is 10.2 Å². The van der Waals surface area contributed by atoms with Crippen LogP contribution in [0.15, 0.2) is 30.6 Å². The molecule has 1 aliphatic carbocycles. The number of halogens is 1. The first kappa shape index (κ1) is 23.4. The fourth-order valence-corrected chi connectivity index (χ4v) is 5.00. The molecular formula is C24H34ClN5O2. The second kappa shape index (κ2) is 10.0. The van der Waals surface area contributed by atoms with Crippen molar-refractivity contribution in [1.82, 2.24) is 20.2 Å². The van der Waals surface area contributed by atoms with Crippen LogP contribution in [-0.2, 0) is 0 Å². The van der Waals surface area contributed by atoms with Crippen molar-refractivity contribution in [2.75, 3.05) is 37.6 Å². The van der Waals surface area contributed by atoms with Crippen molar-refractivity contribution >= 4 is 17.4 Å². The van der Waals surface area contributed by atoms with E-state index in [0.29, 0.717) is 24.0 Å². The summed E-state index contributed by atoms with van der Waals surface area (Å²) in [5.74, 6) is 1.12. The normalized spacial score (nSPS) is 23.4. The number of nitrogens with one attached hydrogen (secondary N) is 1. The predicted octanol–water partition coefficient (Wildman–Crippen LogP) is 2.89. The molecule has 0 amide bonds. The van der Waals surface area contributed by atoms with E-state index >= 15 is 0 Å². The molecule has 1 aromatic carbocycles. The van der Waals surface area contributed by atoms with Gasteiger partial charge in [-0.1, -0.05) is 44.5 Å². The van der Waals surface area contributed by atoms with E-state index in [1.807, 2.05) is 24.3 Å². The topological polar surface area (TPSA) is 84.8 Å². The first-order chi connectivity index (χ1) is 15.3. The monoisotopic (exact) mass is 459 g/mol. The standard InChI is InChI=1S/C24H34ClN5O2/c1-15(2)26-13-19(17-4-6-18(25)7-5-17)24(32)30-10-8-29(9-11-30)23-21-16(3)12-20(31)22(21)27-14-28-23/h4-7,14-16,19-20,24,26,31-32H,8-13H2,1-3H3/t16-,19-,20-,24?/m1/s1. The van der Waals surface area contributed by atoms with Crippen LogP contribution in [0.4, 0.5) is 5.82 Å². The van der Waals surface area contributed by atoms with Crippen molar-refractivity contribution in [1.29, 1.82) is 0 Å². The van der Waals surface area contributed by atoms with Gasteiger partial charge in [0.2, 0.25) is 0 Å². The Hall–Kier alpha value is -1.77. The molecule has 32 heavy (non-hydrogen) atoms. The Labute approximate surface area is 195 Å².